The number of allylic oxidation sites excluding steroid dienone is 1. The molecule has 0 amide bonds. The maximum Gasteiger partial charge on any atom is 0.0528 e. The van der Waals surface area contributed by atoms with Crippen molar-refractivity contribution >= 4 is 0 Å². The molecule has 0 fully saturated rings. The molecule has 0 saturated carbocycles. The molecule has 0 saturated heterocycles. The Hall–Kier alpha value is -0.580. The molecule has 0 radical (unpaired) electrons. The first kappa shape index (κ1) is 14.0. The second-order valence-corrected chi connectivity index (χ2v) is 2.99. The Kier molecular flexibility index (Phi) is 8.26. The second kappa shape index (κ2) is 7.09. The van der Waals surface area contributed by atoms with Crippen molar-refractivity contribution < 1.29 is 20.4 Å². The molecule has 4 nitrogen and oxygen atoms in total. The first-order valence-corrected chi connectivity index (χ1v) is 3.57. The van der Waals surface area contributed by atoms with Gasteiger partial charge in [-0.1, -0.05) is 13.8 Å². The summed E-state index contributed by atoms with van der Waals surface area (Å²) in [5.41, 5.74) is -0.708. The lowest BCUT2D eigenvalue weighted by molar-refractivity contribution is -0.300. The van der Waals surface area contributed by atoms with Crippen LogP contribution in [0, 0.1) is 5.41 Å². The van der Waals surface area contributed by atoms with Gasteiger partial charge in [-0.15, -0.1) is 12.3 Å². The Morgan fingerprint density at radius 3 is 1.42 bits per heavy atom. The standard InChI is InChI=1S/C5H12O3.C3H6O/c1-5(2-6,3-7)4-8;1-3(2)4/h6-8H,2-4H2,1H3;4H,1H2,2H3/p-1. The monoisotopic (exact) mass is 177 g/mol. The van der Waals surface area contributed by atoms with Crippen LogP contribution in [0.15, 0.2) is 12.3 Å². The minimum absolute atomic E-state index is 0.0833. The Morgan fingerprint density at radius 2 is 1.42 bits per heavy atom. The molecule has 4 heteroatoms. The van der Waals surface area contributed by atoms with E-state index in [2.05, 4.69) is 6.58 Å². The van der Waals surface area contributed by atoms with Crippen molar-refractivity contribution in [2.45, 2.75) is 13.8 Å². The van der Waals surface area contributed by atoms with Crippen molar-refractivity contribution in [2.75, 3.05) is 19.8 Å². The number of rotatable bonds is 3. The van der Waals surface area contributed by atoms with Crippen molar-refractivity contribution in [3.8, 4) is 0 Å². The van der Waals surface area contributed by atoms with Crippen LogP contribution in [0.25, 0.3) is 0 Å². The van der Waals surface area contributed by atoms with Gasteiger partial charge in [0, 0.05) is 5.41 Å². The minimum Gasteiger partial charge on any atom is -0.876 e. The Balaban J connectivity index is 0. The van der Waals surface area contributed by atoms with Crippen LogP contribution in [0.4, 0.5) is 0 Å². The summed E-state index contributed by atoms with van der Waals surface area (Å²) in [6, 6.07) is 0. The molecule has 0 aromatic heterocycles. The van der Waals surface area contributed by atoms with Crippen molar-refractivity contribution in [2.24, 2.45) is 5.41 Å². The topological polar surface area (TPSA) is 83.8 Å². The highest BCUT2D eigenvalue weighted by atomic mass is 16.3. The van der Waals surface area contributed by atoms with E-state index in [0.29, 0.717) is 0 Å². The molecule has 0 bridgehead atoms. The number of aliphatic hydroxyl groups excluding tert-OH is 3. The smallest absolute Gasteiger partial charge is 0.0528 e. The molecule has 0 aliphatic carbocycles. The SMILES string of the molecule is C=C(C)[O-].CC(CO)(CO)CO. The van der Waals surface area contributed by atoms with Crippen LogP contribution in [0.3, 0.4) is 0 Å². The van der Waals surface area contributed by atoms with E-state index in [0.717, 1.165) is 0 Å². The molecule has 0 spiro atoms. The number of hydrogen-bond donors (Lipinski definition) is 3. The third-order valence-corrected chi connectivity index (χ3v) is 1.15. The van der Waals surface area contributed by atoms with Crippen molar-refractivity contribution in [3.63, 3.8) is 0 Å². The zero-order valence-corrected chi connectivity index (χ0v) is 7.58. The van der Waals surface area contributed by atoms with Crippen LogP contribution in [0.5, 0.6) is 0 Å². The summed E-state index contributed by atoms with van der Waals surface area (Å²) < 4.78 is 0. The molecule has 0 aromatic carbocycles. The minimum atomic E-state index is -0.708. The molecule has 3 N–H and O–H groups in total. The average molecular weight is 177 g/mol. The molecule has 0 rings (SSSR count). The van der Waals surface area contributed by atoms with Crippen LogP contribution < -0.4 is 5.11 Å². The number of hydrogen-bond acceptors (Lipinski definition) is 4. The van der Waals surface area contributed by atoms with Crippen LogP contribution in [-0.2, 0) is 0 Å². The summed E-state index contributed by atoms with van der Waals surface area (Å²) in [5, 5.41) is 34.7. The number of aliphatic hydroxyl groups is 3. The highest BCUT2D eigenvalue weighted by Gasteiger charge is 2.20. The van der Waals surface area contributed by atoms with E-state index in [4.69, 9.17) is 15.3 Å². The zero-order chi connectivity index (χ0) is 10.2. The van der Waals surface area contributed by atoms with Gasteiger partial charge in [-0.25, -0.2) is 0 Å². The molecule has 0 aliphatic heterocycles. The lowest BCUT2D eigenvalue weighted by Gasteiger charge is -2.20. The highest BCUT2D eigenvalue weighted by molar-refractivity contribution is 4.69. The van der Waals surface area contributed by atoms with Crippen molar-refractivity contribution in [3.05, 3.63) is 12.3 Å². The third kappa shape index (κ3) is 9.42. The van der Waals surface area contributed by atoms with E-state index in [-0.39, 0.29) is 25.6 Å². The van der Waals surface area contributed by atoms with Gasteiger partial charge in [-0.3, -0.25) is 0 Å². The van der Waals surface area contributed by atoms with Gasteiger partial charge in [-0.05, 0) is 0 Å². The summed E-state index contributed by atoms with van der Waals surface area (Å²) in [6.45, 7) is 5.48. The van der Waals surface area contributed by atoms with Gasteiger partial charge in [0.25, 0.3) is 0 Å². The molecule has 0 aliphatic rings. The van der Waals surface area contributed by atoms with E-state index in [1.807, 2.05) is 0 Å². The normalized spacial score (nSPS) is 10.1. The van der Waals surface area contributed by atoms with Crippen LogP contribution in [0.1, 0.15) is 13.8 Å². The molecule has 12 heavy (non-hydrogen) atoms. The zero-order valence-electron chi connectivity index (χ0n) is 7.58. The second-order valence-electron chi connectivity index (χ2n) is 2.99. The van der Waals surface area contributed by atoms with E-state index in [1.165, 1.54) is 6.92 Å². The van der Waals surface area contributed by atoms with Gasteiger partial charge in [0.2, 0.25) is 0 Å². The van der Waals surface area contributed by atoms with Crippen molar-refractivity contribution in [1.29, 1.82) is 0 Å². The molecule has 0 aromatic rings. The fraction of sp³-hybridized carbons (Fsp3) is 0.750. The summed E-state index contributed by atoms with van der Waals surface area (Å²) in [6.07, 6.45) is 0. The maximum atomic E-state index is 9.33. The average Bonchev–Trinajstić information content (AvgIpc) is 2.02. The van der Waals surface area contributed by atoms with Crippen LogP contribution in [0.2, 0.25) is 0 Å². The van der Waals surface area contributed by atoms with Gasteiger partial charge in [0.05, 0.1) is 19.8 Å². The van der Waals surface area contributed by atoms with Crippen molar-refractivity contribution in [1.82, 2.24) is 0 Å². The fourth-order valence-corrected chi connectivity index (χ4v) is 0.150. The third-order valence-electron chi connectivity index (χ3n) is 1.15. The quantitative estimate of drug-likeness (QED) is 0.475. The van der Waals surface area contributed by atoms with Gasteiger partial charge < -0.3 is 20.4 Å². The Morgan fingerprint density at radius 1 is 1.25 bits per heavy atom. The summed E-state index contributed by atoms with van der Waals surface area (Å²) in [4.78, 5) is 0. The van der Waals surface area contributed by atoms with Crippen LogP contribution >= 0.6 is 0 Å². The molecule has 0 atom stereocenters. The Bertz CT molecular complexity index is 106. The van der Waals surface area contributed by atoms with Gasteiger partial charge >= 0.3 is 0 Å². The van der Waals surface area contributed by atoms with Crippen LogP contribution in [-0.4, -0.2) is 35.1 Å². The predicted octanol–water partition coefficient (Wildman–Crippen LogP) is -1.15. The fourth-order valence-electron chi connectivity index (χ4n) is 0.150. The van der Waals surface area contributed by atoms with E-state index < -0.39 is 5.41 Å². The van der Waals surface area contributed by atoms with E-state index in [1.54, 1.807) is 6.92 Å². The lowest BCUT2D eigenvalue weighted by Crippen LogP contribution is -2.29. The maximum absolute atomic E-state index is 9.33. The van der Waals surface area contributed by atoms with E-state index >= 15 is 0 Å². The van der Waals surface area contributed by atoms with Gasteiger partial charge in [-0.2, -0.15) is 0 Å². The molecule has 0 unspecified atom stereocenters. The molecular formula is C8H17O4-. The molecule has 0 heterocycles. The first-order valence-electron chi connectivity index (χ1n) is 3.57. The largest absolute Gasteiger partial charge is 0.876 e. The lowest BCUT2D eigenvalue weighted by atomic mass is 9.95. The predicted molar refractivity (Wildman–Crippen MR) is 44.2 cm³/mol. The highest BCUT2D eigenvalue weighted by Crippen LogP contribution is 2.10. The Labute approximate surface area is 72.8 Å². The first-order chi connectivity index (χ1) is 5.41. The summed E-state index contributed by atoms with van der Waals surface area (Å²) in [7, 11) is 0. The molecular weight excluding hydrogens is 160 g/mol. The van der Waals surface area contributed by atoms with Gasteiger partial charge in [0.15, 0.2) is 0 Å². The summed E-state index contributed by atoms with van der Waals surface area (Å²) >= 11 is 0. The summed E-state index contributed by atoms with van der Waals surface area (Å²) in [5.74, 6) is -0.0833. The molecule has 74 valence electrons. The van der Waals surface area contributed by atoms with Gasteiger partial charge in [0.1, 0.15) is 0 Å². The van der Waals surface area contributed by atoms with E-state index in [9.17, 15) is 5.11 Å².